The van der Waals surface area contributed by atoms with Crippen LogP contribution in [0.3, 0.4) is 0 Å². The molecule has 0 spiro atoms. The zero-order valence-electron chi connectivity index (χ0n) is 11.4. The molecule has 6 nitrogen and oxygen atoms in total. The zero-order valence-corrected chi connectivity index (χ0v) is 12.2. The van der Waals surface area contributed by atoms with Crippen LogP contribution in [0.5, 0.6) is 11.5 Å². The minimum absolute atomic E-state index is 0.112. The van der Waals surface area contributed by atoms with Gasteiger partial charge in [0.2, 0.25) is 0 Å². The van der Waals surface area contributed by atoms with E-state index >= 15 is 0 Å². The molecule has 0 saturated heterocycles. The molecule has 2 aromatic heterocycles. The second-order valence-electron chi connectivity index (χ2n) is 5.17. The lowest BCUT2D eigenvalue weighted by Gasteiger charge is -2.10. The molecule has 4 rings (SSSR count). The number of benzene rings is 1. The van der Waals surface area contributed by atoms with Gasteiger partial charge in [-0.2, -0.15) is 14.6 Å². The van der Waals surface area contributed by atoms with Crippen molar-refractivity contribution >= 4 is 22.6 Å². The lowest BCUT2D eigenvalue weighted by atomic mass is 10.1. The molecular weight excluding hydrogens is 304 g/mol. The summed E-state index contributed by atoms with van der Waals surface area (Å²) in [4.78, 5) is 19.8. The molecule has 1 fully saturated rings. The van der Waals surface area contributed by atoms with E-state index in [0.717, 1.165) is 0 Å². The van der Waals surface area contributed by atoms with Crippen molar-refractivity contribution in [3.63, 3.8) is 0 Å². The van der Waals surface area contributed by atoms with Gasteiger partial charge in [0, 0.05) is 0 Å². The van der Waals surface area contributed by atoms with Crippen LogP contribution in [0.4, 0.5) is 0 Å². The van der Waals surface area contributed by atoms with Crippen LogP contribution in [-0.2, 0) is 0 Å². The number of carbonyl (C=O) groups is 1. The second kappa shape index (κ2) is 5.06. The fraction of sp³-hybridized carbons (Fsp3) is 0.200. The number of hydrogen-bond acceptors (Lipinski definition) is 5. The maximum Gasteiger partial charge on any atom is 0.274 e. The number of carbonyl (C=O) groups excluding carboxylic acids is 1. The Morgan fingerprint density at radius 1 is 1.32 bits per heavy atom. The van der Waals surface area contributed by atoms with Gasteiger partial charge in [0.25, 0.3) is 11.0 Å². The number of halogens is 1. The minimum atomic E-state index is -0.675. The highest BCUT2D eigenvalue weighted by Crippen LogP contribution is 2.41. The van der Waals surface area contributed by atoms with Gasteiger partial charge >= 0.3 is 0 Å². The predicted octanol–water partition coefficient (Wildman–Crippen LogP) is 3.17. The molecule has 0 amide bonds. The molecule has 0 N–H and O–H groups in total. The summed E-state index contributed by atoms with van der Waals surface area (Å²) in [5.74, 6) is 1.81. The van der Waals surface area contributed by atoms with Crippen molar-refractivity contribution in [1.82, 2.24) is 19.6 Å². The third-order valence-electron chi connectivity index (χ3n) is 3.59. The quantitative estimate of drug-likeness (QED) is 0.692. The summed E-state index contributed by atoms with van der Waals surface area (Å²) >= 11 is 5.67. The highest BCUT2D eigenvalue weighted by molar-refractivity contribution is 6.67. The van der Waals surface area contributed by atoms with Gasteiger partial charge in [-0.15, -0.1) is 0 Å². The van der Waals surface area contributed by atoms with Crippen LogP contribution < -0.4 is 4.74 Å². The molecule has 0 bridgehead atoms. The predicted molar refractivity (Wildman–Crippen MR) is 79.5 cm³/mol. The van der Waals surface area contributed by atoms with E-state index in [1.807, 2.05) is 18.2 Å². The molecule has 110 valence electrons. The SMILES string of the molecule is O=C(Cl)c1c(Oc2cccc(C3CC3)c2)cnc2ncnn12. The van der Waals surface area contributed by atoms with E-state index in [-0.39, 0.29) is 11.4 Å². The molecule has 3 aromatic rings. The van der Waals surface area contributed by atoms with E-state index in [9.17, 15) is 4.79 Å². The lowest BCUT2D eigenvalue weighted by molar-refractivity contribution is 0.107. The molecule has 1 aromatic carbocycles. The summed E-state index contributed by atoms with van der Waals surface area (Å²) in [6.07, 6.45) is 5.16. The second-order valence-corrected chi connectivity index (χ2v) is 5.51. The Balaban J connectivity index is 1.76. The van der Waals surface area contributed by atoms with Crippen molar-refractivity contribution in [1.29, 1.82) is 0 Å². The molecule has 1 aliphatic carbocycles. The Morgan fingerprint density at radius 3 is 2.95 bits per heavy atom. The van der Waals surface area contributed by atoms with Gasteiger partial charge in [-0.1, -0.05) is 12.1 Å². The van der Waals surface area contributed by atoms with E-state index in [1.54, 1.807) is 0 Å². The summed E-state index contributed by atoms with van der Waals surface area (Å²) in [6, 6.07) is 7.83. The van der Waals surface area contributed by atoms with Gasteiger partial charge in [-0.25, -0.2) is 4.98 Å². The Labute approximate surface area is 130 Å². The molecular formula is C15H11ClN4O2. The number of fused-ring (bicyclic) bond motifs is 1. The van der Waals surface area contributed by atoms with Crippen LogP contribution in [0.25, 0.3) is 5.78 Å². The Bertz CT molecular complexity index is 873. The molecule has 0 atom stereocenters. The number of ether oxygens (including phenoxy) is 1. The fourth-order valence-electron chi connectivity index (χ4n) is 2.39. The van der Waals surface area contributed by atoms with Crippen LogP contribution in [0.2, 0.25) is 0 Å². The van der Waals surface area contributed by atoms with Crippen LogP contribution in [0.1, 0.15) is 34.8 Å². The summed E-state index contributed by atoms with van der Waals surface area (Å²) < 4.78 is 7.08. The topological polar surface area (TPSA) is 69.4 Å². The van der Waals surface area contributed by atoms with E-state index in [0.29, 0.717) is 17.4 Å². The highest BCUT2D eigenvalue weighted by Gasteiger charge is 2.24. The van der Waals surface area contributed by atoms with Crippen molar-refractivity contribution in [2.75, 3.05) is 0 Å². The van der Waals surface area contributed by atoms with Gasteiger partial charge in [-0.3, -0.25) is 4.79 Å². The average Bonchev–Trinajstić information content (AvgIpc) is 3.25. The first-order valence-electron chi connectivity index (χ1n) is 6.89. The van der Waals surface area contributed by atoms with Crippen LogP contribution in [0.15, 0.2) is 36.8 Å². The Hall–Kier alpha value is -2.47. The lowest BCUT2D eigenvalue weighted by Crippen LogP contribution is -2.06. The first kappa shape index (κ1) is 13.2. The molecule has 1 aliphatic rings. The molecule has 22 heavy (non-hydrogen) atoms. The third kappa shape index (κ3) is 2.31. The largest absolute Gasteiger partial charge is 0.453 e. The van der Waals surface area contributed by atoms with Crippen LogP contribution in [-0.4, -0.2) is 24.8 Å². The molecule has 0 aliphatic heterocycles. The summed E-state index contributed by atoms with van der Waals surface area (Å²) in [5, 5.41) is 3.28. The average molecular weight is 315 g/mol. The molecule has 7 heteroatoms. The van der Waals surface area contributed by atoms with Gasteiger partial charge in [0.15, 0.2) is 11.4 Å². The Morgan fingerprint density at radius 2 is 2.18 bits per heavy atom. The van der Waals surface area contributed by atoms with Crippen molar-refractivity contribution in [2.24, 2.45) is 0 Å². The first-order chi connectivity index (χ1) is 10.7. The van der Waals surface area contributed by atoms with E-state index < -0.39 is 5.24 Å². The maximum atomic E-state index is 11.7. The number of aromatic nitrogens is 4. The number of rotatable bonds is 4. The smallest absolute Gasteiger partial charge is 0.274 e. The van der Waals surface area contributed by atoms with Crippen molar-refractivity contribution in [2.45, 2.75) is 18.8 Å². The number of nitrogens with zero attached hydrogens (tertiary/aromatic N) is 4. The molecule has 0 unspecified atom stereocenters. The van der Waals surface area contributed by atoms with Crippen molar-refractivity contribution in [3.8, 4) is 11.5 Å². The highest BCUT2D eigenvalue weighted by atomic mass is 35.5. The summed E-state index contributed by atoms with van der Waals surface area (Å²) in [7, 11) is 0. The molecule has 0 radical (unpaired) electrons. The third-order valence-corrected chi connectivity index (χ3v) is 3.77. The summed E-state index contributed by atoms with van der Waals surface area (Å²) in [6.45, 7) is 0. The summed E-state index contributed by atoms with van der Waals surface area (Å²) in [5.41, 5.74) is 1.35. The minimum Gasteiger partial charge on any atom is -0.453 e. The van der Waals surface area contributed by atoms with E-state index in [4.69, 9.17) is 16.3 Å². The first-order valence-corrected chi connectivity index (χ1v) is 7.26. The standard InChI is InChI=1S/C15H11ClN4O2/c16-14(21)13-12(7-17-15-18-8-19-20(13)15)22-11-3-1-2-10(6-11)9-4-5-9/h1-3,6-9H,4-5H2. The van der Waals surface area contributed by atoms with Gasteiger partial charge < -0.3 is 4.74 Å². The van der Waals surface area contributed by atoms with Crippen LogP contribution >= 0.6 is 11.6 Å². The number of hydrogen-bond donors (Lipinski definition) is 0. The van der Waals surface area contributed by atoms with Crippen molar-refractivity contribution < 1.29 is 9.53 Å². The van der Waals surface area contributed by atoms with Gasteiger partial charge in [0.1, 0.15) is 12.1 Å². The molecule has 2 heterocycles. The van der Waals surface area contributed by atoms with E-state index in [2.05, 4.69) is 21.1 Å². The zero-order chi connectivity index (χ0) is 15.1. The van der Waals surface area contributed by atoms with Crippen LogP contribution in [0, 0.1) is 0 Å². The monoisotopic (exact) mass is 314 g/mol. The van der Waals surface area contributed by atoms with Gasteiger partial charge in [0.05, 0.1) is 6.20 Å². The normalized spacial score (nSPS) is 14.2. The van der Waals surface area contributed by atoms with Gasteiger partial charge in [-0.05, 0) is 48.1 Å². The molecule has 1 saturated carbocycles. The van der Waals surface area contributed by atoms with E-state index in [1.165, 1.54) is 35.4 Å². The Kier molecular flexibility index (Phi) is 3.04. The van der Waals surface area contributed by atoms with Crippen molar-refractivity contribution in [3.05, 3.63) is 48.0 Å². The maximum absolute atomic E-state index is 11.7. The fourth-order valence-corrected chi connectivity index (χ4v) is 2.57.